The summed E-state index contributed by atoms with van der Waals surface area (Å²) in [6.07, 6.45) is 1.84. The third-order valence-electron chi connectivity index (χ3n) is 2.53. The van der Waals surface area contributed by atoms with Crippen LogP contribution in [-0.2, 0) is 11.3 Å². The Morgan fingerprint density at radius 1 is 1.69 bits per heavy atom. The van der Waals surface area contributed by atoms with Crippen LogP contribution in [0.5, 0.6) is 0 Å². The van der Waals surface area contributed by atoms with Crippen molar-refractivity contribution in [1.29, 1.82) is 0 Å². The van der Waals surface area contributed by atoms with Crippen molar-refractivity contribution in [2.45, 2.75) is 26.3 Å². The van der Waals surface area contributed by atoms with Crippen LogP contribution >= 0.6 is 11.3 Å². The molecule has 1 heterocycles. The van der Waals surface area contributed by atoms with Gasteiger partial charge in [-0.2, -0.15) is 0 Å². The van der Waals surface area contributed by atoms with Crippen LogP contribution < -0.4 is 5.73 Å². The first-order valence-corrected chi connectivity index (χ1v) is 6.45. The maximum absolute atomic E-state index is 12.0. The van der Waals surface area contributed by atoms with Crippen LogP contribution in [0.4, 0.5) is 0 Å². The number of nitrogens with two attached hydrogens (primary N) is 1. The van der Waals surface area contributed by atoms with Gasteiger partial charge in [0.15, 0.2) is 0 Å². The number of hydrogen-bond donors (Lipinski definition) is 1. The van der Waals surface area contributed by atoms with Crippen molar-refractivity contribution in [2.24, 2.45) is 11.7 Å². The van der Waals surface area contributed by atoms with Crippen LogP contribution in [0.1, 0.15) is 25.5 Å². The first-order valence-electron chi connectivity index (χ1n) is 5.51. The van der Waals surface area contributed by atoms with Gasteiger partial charge >= 0.3 is 0 Å². The summed E-state index contributed by atoms with van der Waals surface area (Å²) in [6.45, 7) is 3.06. The molecule has 5 heteroatoms. The quantitative estimate of drug-likeness (QED) is 0.820. The number of thiazole rings is 1. The second-order valence-electron chi connectivity index (χ2n) is 3.90. The minimum atomic E-state index is -0.0476. The van der Waals surface area contributed by atoms with Crippen molar-refractivity contribution >= 4 is 17.2 Å². The van der Waals surface area contributed by atoms with Gasteiger partial charge in [-0.05, 0) is 6.42 Å². The van der Waals surface area contributed by atoms with E-state index in [1.165, 1.54) is 0 Å². The molecule has 4 nitrogen and oxygen atoms in total. The Morgan fingerprint density at radius 3 is 2.94 bits per heavy atom. The average Bonchev–Trinajstić information content (AvgIpc) is 2.77. The third-order valence-corrected chi connectivity index (χ3v) is 3.17. The Morgan fingerprint density at radius 2 is 2.44 bits per heavy atom. The van der Waals surface area contributed by atoms with E-state index in [0.717, 1.165) is 18.5 Å². The van der Waals surface area contributed by atoms with Crippen LogP contribution in [0.25, 0.3) is 0 Å². The molecule has 1 aromatic heterocycles. The zero-order valence-electron chi connectivity index (χ0n) is 9.85. The zero-order valence-corrected chi connectivity index (χ0v) is 10.7. The van der Waals surface area contributed by atoms with Crippen molar-refractivity contribution in [3.8, 4) is 0 Å². The van der Waals surface area contributed by atoms with E-state index in [9.17, 15) is 4.79 Å². The van der Waals surface area contributed by atoms with Crippen molar-refractivity contribution in [2.75, 3.05) is 13.6 Å². The maximum atomic E-state index is 12.0. The van der Waals surface area contributed by atoms with Gasteiger partial charge in [-0.25, -0.2) is 4.98 Å². The molecule has 0 aliphatic heterocycles. The van der Waals surface area contributed by atoms with Gasteiger partial charge in [0.2, 0.25) is 5.91 Å². The van der Waals surface area contributed by atoms with E-state index in [1.807, 2.05) is 5.38 Å². The van der Waals surface area contributed by atoms with Gasteiger partial charge in [-0.15, -0.1) is 11.3 Å². The first-order chi connectivity index (χ1) is 7.69. The van der Waals surface area contributed by atoms with Gasteiger partial charge in [-0.3, -0.25) is 4.79 Å². The number of carbonyl (C=O) groups is 1. The fourth-order valence-corrected chi connectivity index (χ4v) is 2.19. The Hall–Kier alpha value is -0.940. The number of hydrogen-bond acceptors (Lipinski definition) is 4. The molecule has 0 radical (unpaired) electrons. The van der Waals surface area contributed by atoms with E-state index < -0.39 is 0 Å². The smallest absolute Gasteiger partial charge is 0.227 e. The molecule has 0 saturated carbocycles. The third kappa shape index (κ3) is 3.57. The molecule has 1 rings (SSSR count). The molecule has 0 saturated heterocycles. The SMILES string of the molecule is CCCC(CN)C(=O)N(C)Cc1cscn1. The summed E-state index contributed by atoms with van der Waals surface area (Å²) in [4.78, 5) is 17.9. The molecule has 1 aromatic rings. The molecule has 0 fully saturated rings. The lowest BCUT2D eigenvalue weighted by Crippen LogP contribution is -2.36. The molecular weight excluding hydrogens is 222 g/mol. The molecule has 0 aromatic carbocycles. The van der Waals surface area contributed by atoms with Gasteiger partial charge < -0.3 is 10.6 Å². The summed E-state index contributed by atoms with van der Waals surface area (Å²) in [5, 5.41) is 1.96. The van der Waals surface area contributed by atoms with Gasteiger partial charge in [0.05, 0.1) is 23.7 Å². The molecule has 0 aliphatic rings. The van der Waals surface area contributed by atoms with Crippen LogP contribution in [0.3, 0.4) is 0 Å². The summed E-state index contributed by atoms with van der Waals surface area (Å²) in [6, 6.07) is 0. The largest absolute Gasteiger partial charge is 0.340 e. The summed E-state index contributed by atoms with van der Waals surface area (Å²) >= 11 is 1.54. The highest BCUT2D eigenvalue weighted by Crippen LogP contribution is 2.11. The van der Waals surface area contributed by atoms with Crippen LogP contribution in [-0.4, -0.2) is 29.4 Å². The molecular formula is C11H19N3OS. The fraction of sp³-hybridized carbons (Fsp3) is 0.636. The zero-order chi connectivity index (χ0) is 12.0. The number of aromatic nitrogens is 1. The monoisotopic (exact) mass is 241 g/mol. The summed E-state index contributed by atoms with van der Waals surface area (Å²) in [5.74, 6) is 0.0750. The lowest BCUT2D eigenvalue weighted by atomic mass is 10.0. The van der Waals surface area contributed by atoms with E-state index in [-0.39, 0.29) is 11.8 Å². The summed E-state index contributed by atoms with van der Waals surface area (Å²) in [7, 11) is 1.81. The number of amides is 1. The first kappa shape index (κ1) is 13.1. The highest BCUT2D eigenvalue weighted by molar-refractivity contribution is 7.07. The van der Waals surface area contributed by atoms with Crippen molar-refractivity contribution < 1.29 is 4.79 Å². The molecule has 0 spiro atoms. The van der Waals surface area contributed by atoms with E-state index >= 15 is 0 Å². The van der Waals surface area contributed by atoms with E-state index in [4.69, 9.17) is 5.73 Å². The van der Waals surface area contributed by atoms with Crippen LogP contribution in [0.15, 0.2) is 10.9 Å². The van der Waals surface area contributed by atoms with Gasteiger partial charge in [0.25, 0.3) is 0 Å². The van der Waals surface area contributed by atoms with Gasteiger partial charge in [0.1, 0.15) is 0 Å². The molecule has 1 unspecified atom stereocenters. The second-order valence-corrected chi connectivity index (χ2v) is 4.61. The fourth-order valence-electron chi connectivity index (χ4n) is 1.64. The molecule has 90 valence electrons. The predicted molar refractivity (Wildman–Crippen MR) is 66.0 cm³/mol. The van der Waals surface area contributed by atoms with Crippen molar-refractivity contribution in [3.05, 3.63) is 16.6 Å². The Kier molecular flexibility index (Phi) is 5.42. The molecule has 2 N–H and O–H groups in total. The molecule has 0 bridgehead atoms. The normalized spacial score (nSPS) is 12.4. The Bertz CT molecular complexity index is 313. The van der Waals surface area contributed by atoms with Crippen LogP contribution in [0, 0.1) is 5.92 Å². The number of nitrogens with zero attached hydrogens (tertiary/aromatic N) is 2. The minimum absolute atomic E-state index is 0.0476. The standard InChI is InChI=1S/C11H19N3OS/c1-3-4-9(5-12)11(15)14(2)6-10-7-16-8-13-10/h7-9H,3-6,12H2,1-2H3. The van der Waals surface area contributed by atoms with Gasteiger partial charge in [-0.1, -0.05) is 13.3 Å². The van der Waals surface area contributed by atoms with Crippen molar-refractivity contribution in [1.82, 2.24) is 9.88 Å². The molecule has 1 amide bonds. The lowest BCUT2D eigenvalue weighted by Gasteiger charge is -2.21. The molecule has 16 heavy (non-hydrogen) atoms. The highest BCUT2D eigenvalue weighted by atomic mass is 32.1. The Labute approximate surface area is 100 Å². The summed E-state index contributed by atoms with van der Waals surface area (Å²) in [5.41, 5.74) is 8.33. The molecule has 0 aliphatic carbocycles. The number of carbonyl (C=O) groups excluding carboxylic acids is 1. The molecule has 1 atom stereocenters. The Balaban J connectivity index is 2.52. The topological polar surface area (TPSA) is 59.2 Å². The maximum Gasteiger partial charge on any atom is 0.227 e. The lowest BCUT2D eigenvalue weighted by molar-refractivity contribution is -0.134. The second kappa shape index (κ2) is 6.60. The van der Waals surface area contributed by atoms with E-state index in [0.29, 0.717) is 13.1 Å². The predicted octanol–water partition coefficient (Wildman–Crippen LogP) is 1.48. The highest BCUT2D eigenvalue weighted by Gasteiger charge is 2.20. The van der Waals surface area contributed by atoms with Crippen molar-refractivity contribution in [3.63, 3.8) is 0 Å². The van der Waals surface area contributed by atoms with E-state index in [1.54, 1.807) is 28.8 Å². The minimum Gasteiger partial charge on any atom is -0.340 e. The van der Waals surface area contributed by atoms with E-state index in [2.05, 4.69) is 11.9 Å². The van der Waals surface area contributed by atoms with Crippen LogP contribution in [0.2, 0.25) is 0 Å². The summed E-state index contributed by atoms with van der Waals surface area (Å²) < 4.78 is 0. The average molecular weight is 241 g/mol. The van der Waals surface area contributed by atoms with Gasteiger partial charge in [0, 0.05) is 19.0 Å². The number of rotatable bonds is 6.